The van der Waals surface area contributed by atoms with Gasteiger partial charge in [-0.15, -0.1) is 0 Å². The van der Waals surface area contributed by atoms with Crippen LogP contribution in [0.4, 0.5) is 0 Å². The number of hydrogen-bond donors (Lipinski definition) is 0. The van der Waals surface area contributed by atoms with Crippen molar-refractivity contribution in [3.63, 3.8) is 0 Å². The van der Waals surface area contributed by atoms with Crippen molar-refractivity contribution in [3.05, 3.63) is 54.2 Å². The van der Waals surface area contributed by atoms with Crippen molar-refractivity contribution in [1.29, 1.82) is 0 Å². The van der Waals surface area contributed by atoms with Crippen molar-refractivity contribution in [2.24, 2.45) is 0 Å². The van der Waals surface area contributed by atoms with Crippen molar-refractivity contribution in [3.8, 4) is 0 Å². The highest BCUT2D eigenvalue weighted by Gasteiger charge is 2.40. The zero-order valence-corrected chi connectivity index (χ0v) is 14.2. The number of morpholine rings is 1. The Morgan fingerprint density at radius 3 is 2.68 bits per heavy atom. The summed E-state index contributed by atoms with van der Waals surface area (Å²) in [6.45, 7) is 4.20. The summed E-state index contributed by atoms with van der Waals surface area (Å²) in [5.74, 6) is 0.0589. The predicted molar refractivity (Wildman–Crippen MR) is 92.3 cm³/mol. The molecule has 25 heavy (non-hydrogen) atoms. The van der Waals surface area contributed by atoms with Gasteiger partial charge in [0.25, 0.3) is 5.91 Å². The van der Waals surface area contributed by atoms with E-state index in [9.17, 15) is 4.79 Å². The molecule has 0 radical (unpaired) electrons. The van der Waals surface area contributed by atoms with Gasteiger partial charge in [0.15, 0.2) is 0 Å². The van der Waals surface area contributed by atoms with Gasteiger partial charge < -0.3 is 14.1 Å². The zero-order valence-electron chi connectivity index (χ0n) is 14.2. The quantitative estimate of drug-likeness (QED) is 0.849. The molecule has 0 saturated carbocycles. The Morgan fingerprint density at radius 1 is 1.16 bits per heavy atom. The van der Waals surface area contributed by atoms with E-state index in [1.54, 1.807) is 12.3 Å². The summed E-state index contributed by atoms with van der Waals surface area (Å²) in [6, 6.07) is 6.34. The van der Waals surface area contributed by atoms with Crippen LogP contribution in [0.25, 0.3) is 0 Å². The molecule has 0 spiro atoms. The van der Waals surface area contributed by atoms with Gasteiger partial charge in [-0.2, -0.15) is 0 Å². The van der Waals surface area contributed by atoms with Crippen molar-refractivity contribution in [2.75, 3.05) is 32.8 Å². The highest BCUT2D eigenvalue weighted by molar-refractivity contribution is 5.94. The standard InChI is InChI=1S/C19H23N3O3/c23-19(16-4-10-25-14-16)22-7-3-17(21-8-11-24-12-9-21)18(22)13-15-1-5-20-6-2-15/h1-2,4-6,10,14,17-18H,3,7-9,11-13H2/t17-,18+/m0/s1. The number of carbonyl (C=O) groups is 1. The SMILES string of the molecule is O=C(c1ccoc1)N1CC[C@H](N2CCOCC2)[C@H]1Cc1ccncc1. The van der Waals surface area contributed by atoms with Crippen LogP contribution in [-0.4, -0.2) is 65.6 Å². The smallest absolute Gasteiger partial charge is 0.257 e. The number of likely N-dealkylation sites (tertiary alicyclic amines) is 1. The third kappa shape index (κ3) is 3.45. The Morgan fingerprint density at radius 2 is 1.96 bits per heavy atom. The summed E-state index contributed by atoms with van der Waals surface area (Å²) in [6.07, 6.45) is 8.56. The molecule has 2 aliphatic rings. The van der Waals surface area contributed by atoms with Gasteiger partial charge in [0.1, 0.15) is 6.26 Å². The Bertz CT molecular complexity index is 683. The van der Waals surface area contributed by atoms with Crippen LogP contribution in [0.15, 0.2) is 47.5 Å². The number of pyridine rings is 1. The first-order valence-electron chi connectivity index (χ1n) is 8.87. The normalized spacial score (nSPS) is 24.6. The van der Waals surface area contributed by atoms with Gasteiger partial charge in [0.05, 0.1) is 31.1 Å². The molecule has 132 valence electrons. The highest BCUT2D eigenvalue weighted by Crippen LogP contribution is 2.28. The van der Waals surface area contributed by atoms with E-state index < -0.39 is 0 Å². The lowest BCUT2D eigenvalue weighted by molar-refractivity contribution is 0.00864. The Hall–Kier alpha value is -2.18. The summed E-state index contributed by atoms with van der Waals surface area (Å²) >= 11 is 0. The second-order valence-corrected chi connectivity index (χ2v) is 6.64. The number of rotatable bonds is 4. The first-order chi connectivity index (χ1) is 12.3. The van der Waals surface area contributed by atoms with E-state index in [1.165, 1.54) is 11.8 Å². The molecule has 2 aromatic heterocycles. The Kier molecular flexibility index (Phi) is 4.81. The fourth-order valence-electron chi connectivity index (χ4n) is 3.98. The Labute approximate surface area is 147 Å². The van der Waals surface area contributed by atoms with Crippen molar-refractivity contribution >= 4 is 5.91 Å². The maximum Gasteiger partial charge on any atom is 0.257 e. The molecule has 0 aromatic carbocycles. The molecule has 4 heterocycles. The molecular weight excluding hydrogens is 318 g/mol. The van der Waals surface area contributed by atoms with Gasteiger partial charge in [-0.3, -0.25) is 14.7 Å². The van der Waals surface area contributed by atoms with Crippen LogP contribution in [0, 0.1) is 0 Å². The monoisotopic (exact) mass is 341 g/mol. The second-order valence-electron chi connectivity index (χ2n) is 6.64. The third-order valence-electron chi connectivity index (χ3n) is 5.25. The fourth-order valence-corrected chi connectivity index (χ4v) is 3.98. The minimum atomic E-state index is 0.0589. The molecule has 4 rings (SSSR count). The number of furan rings is 1. The molecule has 6 nitrogen and oxygen atoms in total. The molecular formula is C19H23N3O3. The van der Waals surface area contributed by atoms with Gasteiger partial charge in [-0.25, -0.2) is 0 Å². The number of carbonyl (C=O) groups excluding carboxylic acids is 1. The van der Waals surface area contributed by atoms with Gasteiger partial charge >= 0.3 is 0 Å². The van der Waals surface area contributed by atoms with Gasteiger partial charge in [-0.05, 0) is 36.6 Å². The van der Waals surface area contributed by atoms with Gasteiger partial charge in [-0.1, -0.05) is 0 Å². The number of amides is 1. The number of aromatic nitrogens is 1. The molecule has 2 aromatic rings. The van der Waals surface area contributed by atoms with Crippen LogP contribution >= 0.6 is 0 Å². The van der Waals surface area contributed by atoms with E-state index in [1.807, 2.05) is 29.4 Å². The molecule has 0 unspecified atom stereocenters. The lowest BCUT2D eigenvalue weighted by Gasteiger charge is -2.37. The summed E-state index contributed by atoms with van der Waals surface area (Å²) in [5.41, 5.74) is 1.84. The van der Waals surface area contributed by atoms with Crippen molar-refractivity contribution in [1.82, 2.24) is 14.8 Å². The summed E-state index contributed by atoms with van der Waals surface area (Å²) in [7, 11) is 0. The van der Waals surface area contributed by atoms with Crippen molar-refractivity contribution < 1.29 is 13.9 Å². The molecule has 2 atom stereocenters. The fraction of sp³-hybridized carbons (Fsp3) is 0.474. The van der Waals surface area contributed by atoms with E-state index in [4.69, 9.17) is 9.15 Å². The lowest BCUT2D eigenvalue weighted by atomic mass is 9.99. The van der Waals surface area contributed by atoms with Crippen LogP contribution in [-0.2, 0) is 11.2 Å². The predicted octanol–water partition coefficient (Wildman–Crippen LogP) is 1.83. The number of ether oxygens (including phenoxy) is 1. The van der Waals surface area contributed by atoms with Gasteiger partial charge in [0.2, 0.25) is 0 Å². The van der Waals surface area contributed by atoms with Crippen LogP contribution in [0.5, 0.6) is 0 Å². The average Bonchev–Trinajstić information content (AvgIpc) is 3.33. The molecule has 2 aliphatic heterocycles. The minimum Gasteiger partial charge on any atom is -0.472 e. The van der Waals surface area contributed by atoms with Crippen LogP contribution < -0.4 is 0 Å². The molecule has 0 aliphatic carbocycles. The van der Waals surface area contributed by atoms with E-state index >= 15 is 0 Å². The Balaban J connectivity index is 1.58. The van der Waals surface area contributed by atoms with E-state index in [0.717, 1.165) is 45.7 Å². The van der Waals surface area contributed by atoms with E-state index in [2.05, 4.69) is 9.88 Å². The average molecular weight is 341 g/mol. The van der Waals surface area contributed by atoms with Gasteiger partial charge in [0, 0.05) is 38.1 Å². The van der Waals surface area contributed by atoms with Crippen LogP contribution in [0.2, 0.25) is 0 Å². The molecule has 2 fully saturated rings. The van der Waals surface area contributed by atoms with E-state index in [0.29, 0.717) is 11.6 Å². The second kappa shape index (κ2) is 7.37. The van der Waals surface area contributed by atoms with Crippen molar-refractivity contribution in [2.45, 2.75) is 24.9 Å². The number of nitrogens with zero attached hydrogens (tertiary/aromatic N) is 3. The zero-order chi connectivity index (χ0) is 17.1. The van der Waals surface area contributed by atoms with Crippen LogP contribution in [0.3, 0.4) is 0 Å². The lowest BCUT2D eigenvalue weighted by Crippen LogP contribution is -2.51. The molecule has 1 amide bonds. The topological polar surface area (TPSA) is 58.8 Å². The largest absolute Gasteiger partial charge is 0.472 e. The highest BCUT2D eigenvalue weighted by atomic mass is 16.5. The summed E-state index contributed by atoms with van der Waals surface area (Å²) in [4.78, 5) is 21.6. The maximum absolute atomic E-state index is 12.9. The molecule has 2 saturated heterocycles. The first-order valence-corrected chi connectivity index (χ1v) is 8.87. The molecule has 0 bridgehead atoms. The van der Waals surface area contributed by atoms with Crippen LogP contribution in [0.1, 0.15) is 22.3 Å². The first kappa shape index (κ1) is 16.3. The molecule has 0 N–H and O–H groups in total. The minimum absolute atomic E-state index is 0.0589. The number of hydrogen-bond acceptors (Lipinski definition) is 5. The summed E-state index contributed by atoms with van der Waals surface area (Å²) < 4.78 is 10.6. The maximum atomic E-state index is 12.9. The third-order valence-corrected chi connectivity index (χ3v) is 5.25. The molecule has 6 heteroatoms. The summed E-state index contributed by atoms with van der Waals surface area (Å²) in [5, 5.41) is 0. The van der Waals surface area contributed by atoms with E-state index in [-0.39, 0.29) is 11.9 Å².